The van der Waals surface area contributed by atoms with Crippen molar-refractivity contribution in [2.45, 2.75) is 38.7 Å². The van der Waals surface area contributed by atoms with Crippen molar-refractivity contribution in [2.24, 2.45) is 4.40 Å². The molecule has 96 valence electrons. The molecule has 0 saturated heterocycles. The SMILES string of the molecule is COC(C)n1ccnc1/C=N\[S@+]([O-])C(C)(C)C. The molecule has 0 fully saturated rings. The number of methoxy groups -OCH3 is 1. The Hall–Kier alpha value is -0.850. The molecule has 0 amide bonds. The molecule has 1 rings (SSSR count). The van der Waals surface area contributed by atoms with Crippen LogP contribution >= 0.6 is 0 Å². The van der Waals surface area contributed by atoms with Gasteiger partial charge < -0.3 is 13.9 Å². The second-order valence-electron chi connectivity index (χ2n) is 4.62. The Labute approximate surface area is 105 Å². The quantitative estimate of drug-likeness (QED) is 0.611. The fourth-order valence-electron chi connectivity index (χ4n) is 1.10. The van der Waals surface area contributed by atoms with Crippen LogP contribution in [-0.2, 0) is 16.1 Å². The van der Waals surface area contributed by atoms with E-state index in [0.717, 1.165) is 0 Å². The zero-order chi connectivity index (χ0) is 13.1. The standard InChI is InChI=1S/C11H19N3O2S/c1-9(16-5)14-7-6-12-10(14)8-13-17(15)11(2,3)4/h6-9H,1-5H3/b13-8-/t9?,17-/m1/s1. The lowest BCUT2D eigenvalue weighted by Gasteiger charge is -2.18. The first kappa shape index (κ1) is 14.2. The lowest BCUT2D eigenvalue weighted by atomic mass is 10.3. The summed E-state index contributed by atoms with van der Waals surface area (Å²) in [4.78, 5) is 4.14. The van der Waals surface area contributed by atoms with Gasteiger partial charge in [0.1, 0.15) is 28.6 Å². The monoisotopic (exact) mass is 257 g/mol. The summed E-state index contributed by atoms with van der Waals surface area (Å²) < 4.78 is 22.4. The van der Waals surface area contributed by atoms with Crippen LogP contribution in [0, 0.1) is 0 Å². The van der Waals surface area contributed by atoms with E-state index in [1.807, 2.05) is 32.3 Å². The van der Waals surface area contributed by atoms with Gasteiger partial charge in [0, 0.05) is 19.5 Å². The molecule has 0 aliphatic rings. The molecule has 1 heterocycles. The van der Waals surface area contributed by atoms with E-state index in [9.17, 15) is 4.55 Å². The van der Waals surface area contributed by atoms with Gasteiger partial charge in [-0.3, -0.25) is 0 Å². The van der Waals surface area contributed by atoms with Crippen LogP contribution in [0.25, 0.3) is 0 Å². The molecular formula is C11H19N3O2S. The maximum atomic E-state index is 11.8. The molecule has 0 bridgehead atoms. The van der Waals surface area contributed by atoms with E-state index in [4.69, 9.17) is 4.74 Å². The normalized spacial score (nSPS) is 16.4. The molecule has 0 aromatic carbocycles. The molecule has 0 radical (unpaired) electrons. The first-order valence-corrected chi connectivity index (χ1v) is 6.48. The Morgan fingerprint density at radius 1 is 1.59 bits per heavy atom. The van der Waals surface area contributed by atoms with Gasteiger partial charge in [-0.15, -0.1) is 0 Å². The minimum absolute atomic E-state index is 0.123. The van der Waals surface area contributed by atoms with Crippen molar-refractivity contribution in [1.29, 1.82) is 0 Å². The Kier molecular flexibility index (Phi) is 4.73. The van der Waals surface area contributed by atoms with Gasteiger partial charge in [0.15, 0.2) is 5.82 Å². The molecule has 0 spiro atoms. The lowest BCUT2D eigenvalue weighted by molar-refractivity contribution is 0.0601. The zero-order valence-electron chi connectivity index (χ0n) is 10.9. The van der Waals surface area contributed by atoms with Gasteiger partial charge in [0.2, 0.25) is 0 Å². The van der Waals surface area contributed by atoms with Crippen molar-refractivity contribution >= 4 is 17.6 Å². The van der Waals surface area contributed by atoms with E-state index >= 15 is 0 Å². The van der Waals surface area contributed by atoms with E-state index in [-0.39, 0.29) is 11.0 Å². The van der Waals surface area contributed by atoms with Crippen molar-refractivity contribution in [1.82, 2.24) is 9.55 Å². The smallest absolute Gasteiger partial charge is 0.157 e. The summed E-state index contributed by atoms with van der Waals surface area (Å²) in [5.74, 6) is 0.636. The Bertz CT molecular complexity index is 384. The molecule has 0 aliphatic heterocycles. The average Bonchev–Trinajstić information content (AvgIpc) is 2.71. The van der Waals surface area contributed by atoms with E-state index in [2.05, 4.69) is 9.38 Å². The summed E-state index contributed by atoms with van der Waals surface area (Å²) in [5, 5.41) is 0. The number of aromatic nitrogens is 2. The van der Waals surface area contributed by atoms with Gasteiger partial charge in [0.05, 0.1) is 0 Å². The van der Waals surface area contributed by atoms with Gasteiger partial charge in [-0.25, -0.2) is 4.98 Å². The molecule has 1 unspecified atom stereocenters. The van der Waals surface area contributed by atoms with Gasteiger partial charge in [-0.05, 0) is 27.7 Å². The molecule has 5 nitrogen and oxygen atoms in total. The second kappa shape index (κ2) is 5.66. The minimum Gasteiger partial charge on any atom is -0.591 e. The second-order valence-corrected chi connectivity index (χ2v) is 6.56. The Balaban J connectivity index is 2.82. The van der Waals surface area contributed by atoms with Crippen molar-refractivity contribution in [3.8, 4) is 0 Å². The fourth-order valence-corrected chi connectivity index (χ4v) is 1.60. The first-order chi connectivity index (χ1) is 7.86. The number of hydrogen-bond acceptors (Lipinski definition) is 4. The van der Waals surface area contributed by atoms with Crippen LogP contribution in [0.2, 0.25) is 0 Å². The van der Waals surface area contributed by atoms with E-state index in [0.29, 0.717) is 5.82 Å². The molecule has 1 aromatic heterocycles. The molecule has 17 heavy (non-hydrogen) atoms. The highest BCUT2D eigenvalue weighted by Gasteiger charge is 2.26. The topological polar surface area (TPSA) is 62.5 Å². The minimum atomic E-state index is -1.27. The fraction of sp³-hybridized carbons (Fsp3) is 0.636. The van der Waals surface area contributed by atoms with E-state index in [1.165, 1.54) is 6.21 Å². The molecule has 6 heteroatoms. The third kappa shape index (κ3) is 3.83. The maximum Gasteiger partial charge on any atom is 0.157 e. The van der Waals surface area contributed by atoms with Crippen LogP contribution in [0.3, 0.4) is 0 Å². The number of ether oxygens (including phenoxy) is 1. The highest BCUT2D eigenvalue weighted by molar-refractivity contribution is 7.91. The van der Waals surface area contributed by atoms with Crippen molar-refractivity contribution in [2.75, 3.05) is 7.11 Å². The number of imidazole rings is 1. The number of hydrogen-bond donors (Lipinski definition) is 0. The lowest BCUT2D eigenvalue weighted by Crippen LogP contribution is -2.26. The Morgan fingerprint density at radius 2 is 2.24 bits per heavy atom. The van der Waals surface area contributed by atoms with Crippen LogP contribution in [0.4, 0.5) is 0 Å². The van der Waals surface area contributed by atoms with Gasteiger partial charge >= 0.3 is 0 Å². The number of nitrogens with zero attached hydrogens (tertiary/aromatic N) is 3. The number of rotatable bonds is 4. The predicted octanol–water partition coefficient (Wildman–Crippen LogP) is 1.93. The average molecular weight is 257 g/mol. The van der Waals surface area contributed by atoms with Crippen LogP contribution in [0.15, 0.2) is 16.8 Å². The first-order valence-electron chi connectivity index (χ1n) is 5.38. The van der Waals surface area contributed by atoms with Crippen molar-refractivity contribution in [3.63, 3.8) is 0 Å². The molecule has 0 aliphatic carbocycles. The van der Waals surface area contributed by atoms with E-state index in [1.54, 1.807) is 19.5 Å². The highest BCUT2D eigenvalue weighted by atomic mass is 32.2. The third-order valence-electron chi connectivity index (χ3n) is 2.22. The predicted molar refractivity (Wildman–Crippen MR) is 69.4 cm³/mol. The summed E-state index contributed by atoms with van der Waals surface area (Å²) in [7, 11) is 1.62. The molecular weight excluding hydrogens is 238 g/mol. The van der Waals surface area contributed by atoms with Crippen molar-refractivity contribution < 1.29 is 9.29 Å². The van der Waals surface area contributed by atoms with Gasteiger partial charge in [-0.2, -0.15) is 0 Å². The third-order valence-corrected chi connectivity index (χ3v) is 3.56. The maximum absolute atomic E-state index is 11.8. The van der Waals surface area contributed by atoms with Crippen molar-refractivity contribution in [3.05, 3.63) is 18.2 Å². The largest absolute Gasteiger partial charge is 0.591 e. The van der Waals surface area contributed by atoms with Crippen LogP contribution < -0.4 is 0 Å². The highest BCUT2D eigenvalue weighted by Crippen LogP contribution is 2.17. The molecule has 1 aromatic rings. The van der Waals surface area contributed by atoms with Crippen LogP contribution in [0.5, 0.6) is 0 Å². The molecule has 2 atom stereocenters. The summed E-state index contributed by atoms with van der Waals surface area (Å²) in [5.41, 5.74) is 0. The van der Waals surface area contributed by atoms with Gasteiger partial charge in [0.25, 0.3) is 0 Å². The van der Waals surface area contributed by atoms with Gasteiger partial charge in [-0.1, -0.05) is 4.40 Å². The summed E-state index contributed by atoms with van der Waals surface area (Å²) in [6.07, 6.45) is 4.87. The zero-order valence-corrected chi connectivity index (χ0v) is 11.7. The van der Waals surface area contributed by atoms with Crippen LogP contribution in [0.1, 0.15) is 39.7 Å². The Morgan fingerprint density at radius 3 is 2.76 bits per heavy atom. The summed E-state index contributed by atoms with van der Waals surface area (Å²) in [6, 6.07) is 0. The summed E-state index contributed by atoms with van der Waals surface area (Å²) >= 11 is -1.27. The van der Waals surface area contributed by atoms with Crippen LogP contribution in [-0.4, -0.2) is 32.2 Å². The van der Waals surface area contributed by atoms with E-state index < -0.39 is 11.4 Å². The summed E-state index contributed by atoms with van der Waals surface area (Å²) in [6.45, 7) is 7.54. The molecule has 0 N–H and O–H groups in total. The molecule has 0 saturated carbocycles.